The van der Waals surface area contributed by atoms with E-state index >= 15 is 0 Å². The van der Waals surface area contributed by atoms with Crippen molar-refractivity contribution in [2.45, 2.75) is 105 Å². The molecule has 4 heteroatoms. The van der Waals surface area contributed by atoms with Gasteiger partial charge in [-0.05, 0) is 52.3 Å². The number of nitrogens with zero attached hydrogens (tertiary/aromatic N) is 1. The van der Waals surface area contributed by atoms with Gasteiger partial charge in [-0.25, -0.2) is 0 Å². The third-order valence-electron chi connectivity index (χ3n) is 6.05. The number of aromatic nitrogens is 1. The fraction of sp³-hybridized carbons (Fsp3) is 0.621. The predicted octanol–water partition coefficient (Wildman–Crippen LogP) is 7.19. The number of nitrogens with one attached hydrogen (secondary N) is 1. The number of hydrogen-bond donors (Lipinski definition) is 2. The van der Waals surface area contributed by atoms with Crippen LogP contribution in [0.1, 0.15) is 115 Å². The minimum Gasteiger partial charge on any atom is -0.507 e. The molecule has 1 heterocycles. The molecule has 4 nitrogen and oxygen atoms in total. The van der Waals surface area contributed by atoms with E-state index in [9.17, 15) is 5.11 Å². The van der Waals surface area contributed by atoms with Crippen molar-refractivity contribution < 1.29 is 9.84 Å². The van der Waals surface area contributed by atoms with Crippen molar-refractivity contribution in [2.24, 2.45) is 0 Å². The van der Waals surface area contributed by atoms with Gasteiger partial charge >= 0.3 is 0 Å². The normalized spacial score (nSPS) is 12.6. The summed E-state index contributed by atoms with van der Waals surface area (Å²) in [5.74, 6) is 2.21. The van der Waals surface area contributed by atoms with Crippen LogP contribution in [0.2, 0.25) is 0 Å². The smallest absolute Gasteiger partial charge is 0.129 e. The number of aromatic hydroxyl groups is 1. The van der Waals surface area contributed by atoms with Crippen LogP contribution in [-0.2, 0) is 17.4 Å². The summed E-state index contributed by atoms with van der Waals surface area (Å²) >= 11 is 0. The van der Waals surface area contributed by atoms with E-state index in [-0.39, 0.29) is 10.8 Å². The molecular formula is C29H46N2O2. The highest BCUT2D eigenvalue weighted by Crippen LogP contribution is 2.39. The molecule has 1 aromatic heterocycles. The van der Waals surface area contributed by atoms with E-state index in [0.29, 0.717) is 24.2 Å². The maximum atomic E-state index is 10.9. The van der Waals surface area contributed by atoms with Gasteiger partial charge in [0.1, 0.15) is 11.5 Å². The molecule has 0 atom stereocenters. The van der Waals surface area contributed by atoms with Gasteiger partial charge in [-0.3, -0.25) is 4.98 Å². The first-order valence-electron chi connectivity index (χ1n) is 12.4. The van der Waals surface area contributed by atoms with E-state index in [0.717, 1.165) is 36.4 Å². The van der Waals surface area contributed by atoms with Gasteiger partial charge in [0, 0.05) is 30.1 Å². The standard InChI is InChI=1S/C29H46N2O2/c1-19(2)22-17-31-18-23(20(3)4)27(22)33-13-11-12-30-16-21-14-24(28(5,6)7)26(32)25(15-21)29(8,9)10/h14-15,17-20,30,32H,11-13,16H2,1-10H3. The summed E-state index contributed by atoms with van der Waals surface area (Å²) in [7, 11) is 0. The minimum atomic E-state index is -0.110. The SMILES string of the molecule is CC(C)c1cncc(C(C)C)c1OCCCNCc1cc(C(C)(C)C)c(O)c(C(C)(C)C)c1. The molecule has 0 bridgehead atoms. The maximum Gasteiger partial charge on any atom is 0.129 e. The summed E-state index contributed by atoms with van der Waals surface area (Å²) in [6, 6.07) is 4.30. The van der Waals surface area contributed by atoms with Gasteiger partial charge in [0.2, 0.25) is 0 Å². The molecule has 0 amide bonds. The highest BCUT2D eigenvalue weighted by Gasteiger charge is 2.26. The fourth-order valence-electron chi connectivity index (χ4n) is 4.01. The van der Waals surface area contributed by atoms with Crippen LogP contribution in [0.4, 0.5) is 0 Å². The molecule has 33 heavy (non-hydrogen) atoms. The number of hydrogen-bond acceptors (Lipinski definition) is 4. The van der Waals surface area contributed by atoms with Crippen molar-refractivity contribution in [3.8, 4) is 11.5 Å². The van der Waals surface area contributed by atoms with Crippen LogP contribution >= 0.6 is 0 Å². The molecule has 0 saturated carbocycles. The first kappa shape index (κ1) is 27.2. The Balaban J connectivity index is 2.02. The van der Waals surface area contributed by atoms with E-state index in [1.807, 2.05) is 12.4 Å². The molecule has 184 valence electrons. The maximum absolute atomic E-state index is 10.9. The zero-order valence-electron chi connectivity index (χ0n) is 22.6. The molecule has 0 radical (unpaired) electrons. The van der Waals surface area contributed by atoms with Crippen LogP contribution in [0, 0.1) is 0 Å². The molecule has 1 aromatic carbocycles. The van der Waals surface area contributed by atoms with Crippen molar-refractivity contribution in [1.82, 2.24) is 10.3 Å². The average Bonchev–Trinajstić information content (AvgIpc) is 2.69. The quantitative estimate of drug-likeness (QED) is 0.394. The van der Waals surface area contributed by atoms with E-state index < -0.39 is 0 Å². The monoisotopic (exact) mass is 454 g/mol. The highest BCUT2D eigenvalue weighted by molar-refractivity contribution is 5.50. The van der Waals surface area contributed by atoms with Crippen LogP contribution in [0.3, 0.4) is 0 Å². The number of pyridine rings is 1. The summed E-state index contributed by atoms with van der Waals surface area (Å²) in [6.45, 7) is 24.0. The summed E-state index contributed by atoms with van der Waals surface area (Å²) in [5, 5.41) is 14.5. The molecule has 2 aromatic rings. The number of benzene rings is 1. The first-order valence-corrected chi connectivity index (χ1v) is 12.4. The van der Waals surface area contributed by atoms with Gasteiger partial charge in [0.25, 0.3) is 0 Å². The van der Waals surface area contributed by atoms with Gasteiger partial charge in [-0.1, -0.05) is 81.4 Å². The third kappa shape index (κ3) is 7.20. The highest BCUT2D eigenvalue weighted by atomic mass is 16.5. The van der Waals surface area contributed by atoms with Gasteiger partial charge in [-0.2, -0.15) is 0 Å². The molecule has 0 unspecified atom stereocenters. The molecule has 0 spiro atoms. The molecular weight excluding hydrogens is 408 g/mol. The van der Waals surface area contributed by atoms with E-state index in [4.69, 9.17) is 4.74 Å². The Bertz CT molecular complexity index is 857. The Labute approximate surface area is 202 Å². The Morgan fingerprint density at radius 2 is 1.36 bits per heavy atom. The van der Waals surface area contributed by atoms with Crippen molar-refractivity contribution in [2.75, 3.05) is 13.2 Å². The number of rotatable bonds is 9. The Kier molecular flexibility index (Phi) is 8.98. The second-order valence-corrected chi connectivity index (χ2v) is 11.9. The average molecular weight is 455 g/mol. The molecule has 2 rings (SSSR count). The summed E-state index contributed by atoms with van der Waals surface area (Å²) in [4.78, 5) is 4.42. The number of phenolic OH excluding ortho intramolecular Hbond substituents is 1. The van der Waals surface area contributed by atoms with E-state index in [1.54, 1.807) is 0 Å². The number of phenols is 1. The van der Waals surface area contributed by atoms with Crippen molar-refractivity contribution in [3.63, 3.8) is 0 Å². The van der Waals surface area contributed by atoms with E-state index in [1.165, 1.54) is 16.7 Å². The summed E-state index contributed by atoms with van der Waals surface area (Å²) in [6.07, 6.45) is 4.80. The second kappa shape index (κ2) is 10.9. The van der Waals surface area contributed by atoms with Crippen molar-refractivity contribution >= 4 is 0 Å². The van der Waals surface area contributed by atoms with Crippen LogP contribution in [0.25, 0.3) is 0 Å². The Hall–Kier alpha value is -2.07. The summed E-state index contributed by atoms with van der Waals surface area (Å²) < 4.78 is 6.27. The molecule has 2 N–H and O–H groups in total. The first-order chi connectivity index (χ1) is 15.2. The zero-order valence-corrected chi connectivity index (χ0v) is 22.6. The zero-order chi connectivity index (χ0) is 25.0. The van der Waals surface area contributed by atoms with Crippen LogP contribution < -0.4 is 10.1 Å². The van der Waals surface area contributed by atoms with Crippen molar-refractivity contribution in [1.29, 1.82) is 0 Å². The van der Waals surface area contributed by atoms with Crippen LogP contribution in [-0.4, -0.2) is 23.2 Å². The second-order valence-electron chi connectivity index (χ2n) is 11.9. The minimum absolute atomic E-state index is 0.110. The van der Waals surface area contributed by atoms with Crippen molar-refractivity contribution in [3.05, 3.63) is 52.3 Å². The molecule has 0 aliphatic heterocycles. The molecule has 0 saturated heterocycles. The lowest BCUT2D eigenvalue weighted by atomic mass is 9.78. The predicted molar refractivity (Wildman–Crippen MR) is 140 cm³/mol. The third-order valence-corrected chi connectivity index (χ3v) is 6.05. The lowest BCUT2D eigenvalue weighted by Crippen LogP contribution is -2.21. The fourth-order valence-corrected chi connectivity index (χ4v) is 4.01. The Morgan fingerprint density at radius 3 is 1.79 bits per heavy atom. The van der Waals surface area contributed by atoms with Gasteiger partial charge < -0.3 is 15.2 Å². The molecule has 0 aliphatic rings. The topological polar surface area (TPSA) is 54.4 Å². The Morgan fingerprint density at radius 1 is 0.879 bits per heavy atom. The summed E-state index contributed by atoms with van der Waals surface area (Å²) in [5.41, 5.74) is 5.37. The van der Waals surface area contributed by atoms with Crippen LogP contribution in [0.5, 0.6) is 11.5 Å². The lowest BCUT2D eigenvalue weighted by Gasteiger charge is -2.28. The van der Waals surface area contributed by atoms with Crippen LogP contribution in [0.15, 0.2) is 24.5 Å². The largest absolute Gasteiger partial charge is 0.507 e. The van der Waals surface area contributed by atoms with Gasteiger partial charge in [0.05, 0.1) is 6.61 Å². The van der Waals surface area contributed by atoms with Gasteiger partial charge in [-0.15, -0.1) is 0 Å². The van der Waals surface area contributed by atoms with E-state index in [2.05, 4.69) is 91.7 Å². The molecule has 0 aliphatic carbocycles. The lowest BCUT2D eigenvalue weighted by molar-refractivity contribution is 0.299. The van der Waals surface area contributed by atoms with Gasteiger partial charge in [0.15, 0.2) is 0 Å². The molecule has 0 fully saturated rings. The number of ether oxygens (including phenoxy) is 1.